The fourth-order valence-corrected chi connectivity index (χ4v) is 4.77. The minimum Gasteiger partial charge on any atom is -0.283 e. The van der Waals surface area contributed by atoms with Gasteiger partial charge in [-0.15, -0.1) is 0 Å². The average Bonchev–Trinajstić information content (AvgIpc) is 3.01. The number of carbonyl (C=O) groups is 1. The fourth-order valence-electron chi connectivity index (χ4n) is 3.52. The third kappa shape index (κ3) is 3.98. The van der Waals surface area contributed by atoms with Gasteiger partial charge in [-0.2, -0.15) is 0 Å². The van der Waals surface area contributed by atoms with Crippen LogP contribution in [0.1, 0.15) is 37.7 Å². The monoisotopic (exact) mass is 415 g/mol. The molecule has 0 N–H and O–H groups in total. The van der Waals surface area contributed by atoms with Gasteiger partial charge in [0.05, 0.1) is 9.93 Å². The molecule has 28 heavy (non-hydrogen) atoms. The Balaban J connectivity index is 1.73. The number of hydrogen-bond donors (Lipinski definition) is 0. The highest BCUT2D eigenvalue weighted by Crippen LogP contribution is 2.39. The van der Waals surface area contributed by atoms with Crippen LogP contribution in [0.4, 0.5) is 10.2 Å². The molecule has 0 spiro atoms. The number of thioether (sulfide) groups is 1. The Morgan fingerprint density at radius 1 is 1.18 bits per heavy atom. The Bertz CT molecular complexity index is 922. The highest BCUT2D eigenvalue weighted by molar-refractivity contribution is 8.18. The molecule has 7 heteroatoms. The largest absolute Gasteiger partial charge is 0.283 e. The molecule has 1 aromatic heterocycles. The molecule has 144 valence electrons. The van der Waals surface area contributed by atoms with E-state index in [1.165, 1.54) is 30.3 Å². The van der Waals surface area contributed by atoms with E-state index in [0.717, 1.165) is 25.7 Å². The molecule has 1 saturated carbocycles. The molecule has 1 aliphatic heterocycles. The third-order valence-corrected chi connectivity index (χ3v) is 6.22. The fraction of sp³-hybridized carbons (Fsp3) is 0.286. The van der Waals surface area contributed by atoms with Crippen LogP contribution in [0.25, 0.3) is 6.08 Å². The average molecular weight is 416 g/mol. The molecular formula is C21H19ClFN3OS. The number of hydrogen-bond acceptors (Lipinski definition) is 4. The van der Waals surface area contributed by atoms with Crippen molar-refractivity contribution in [2.45, 2.75) is 38.1 Å². The first-order valence-electron chi connectivity index (χ1n) is 9.30. The van der Waals surface area contributed by atoms with E-state index in [9.17, 15) is 9.18 Å². The van der Waals surface area contributed by atoms with E-state index < -0.39 is 5.82 Å². The number of rotatable bonds is 3. The molecule has 2 heterocycles. The van der Waals surface area contributed by atoms with Gasteiger partial charge in [-0.05, 0) is 54.9 Å². The third-order valence-electron chi connectivity index (χ3n) is 4.91. The van der Waals surface area contributed by atoms with Crippen molar-refractivity contribution in [3.63, 3.8) is 0 Å². The lowest BCUT2D eigenvalue weighted by Crippen LogP contribution is -2.40. The van der Waals surface area contributed by atoms with Crippen LogP contribution in [0.15, 0.2) is 52.5 Å². The van der Waals surface area contributed by atoms with E-state index in [4.69, 9.17) is 11.6 Å². The summed E-state index contributed by atoms with van der Waals surface area (Å²) in [5.74, 6) is -0.0533. The normalized spacial score (nSPS) is 21.1. The summed E-state index contributed by atoms with van der Waals surface area (Å²) < 4.78 is 14.2. The van der Waals surface area contributed by atoms with E-state index >= 15 is 0 Å². The molecule has 1 aromatic carbocycles. The molecule has 1 aliphatic carbocycles. The lowest BCUT2D eigenvalue weighted by molar-refractivity contribution is -0.124. The van der Waals surface area contributed by atoms with Crippen LogP contribution >= 0.6 is 23.4 Å². The first kappa shape index (κ1) is 19.2. The van der Waals surface area contributed by atoms with Gasteiger partial charge >= 0.3 is 0 Å². The van der Waals surface area contributed by atoms with Gasteiger partial charge < -0.3 is 0 Å². The van der Waals surface area contributed by atoms with Crippen LogP contribution in [0.2, 0.25) is 5.02 Å². The number of amidine groups is 1. The van der Waals surface area contributed by atoms with Gasteiger partial charge in [0.2, 0.25) is 0 Å². The molecule has 1 saturated heterocycles. The predicted molar refractivity (Wildman–Crippen MR) is 112 cm³/mol. The maximum Gasteiger partial charge on any atom is 0.267 e. The Morgan fingerprint density at radius 2 is 2.00 bits per heavy atom. The number of carbonyl (C=O) groups excluding carboxylic acids is 1. The van der Waals surface area contributed by atoms with Gasteiger partial charge in [-0.1, -0.05) is 43.0 Å². The quantitative estimate of drug-likeness (QED) is 0.594. The number of nitrogens with zero attached hydrogens (tertiary/aromatic N) is 3. The maximum absolute atomic E-state index is 14.2. The van der Waals surface area contributed by atoms with E-state index in [1.54, 1.807) is 29.3 Å². The number of amides is 1. The second-order valence-corrected chi connectivity index (χ2v) is 8.21. The van der Waals surface area contributed by atoms with Gasteiger partial charge in [-0.25, -0.2) is 14.4 Å². The van der Waals surface area contributed by atoms with Crippen molar-refractivity contribution in [2.24, 2.45) is 4.99 Å². The number of aliphatic imine (C=N–C) groups is 1. The molecule has 0 bridgehead atoms. The molecule has 1 amide bonds. The van der Waals surface area contributed by atoms with Crippen LogP contribution in [-0.2, 0) is 4.79 Å². The van der Waals surface area contributed by atoms with E-state index in [0.29, 0.717) is 15.9 Å². The van der Waals surface area contributed by atoms with Gasteiger partial charge in [0.1, 0.15) is 5.82 Å². The van der Waals surface area contributed by atoms with Crippen molar-refractivity contribution in [1.82, 2.24) is 9.88 Å². The van der Waals surface area contributed by atoms with Gasteiger partial charge in [0, 0.05) is 17.8 Å². The van der Waals surface area contributed by atoms with Crippen molar-refractivity contribution < 1.29 is 9.18 Å². The lowest BCUT2D eigenvalue weighted by Gasteiger charge is -2.30. The molecule has 2 aromatic rings. The minimum atomic E-state index is -0.451. The Labute approximate surface area is 172 Å². The highest BCUT2D eigenvalue weighted by atomic mass is 35.5. The Kier molecular flexibility index (Phi) is 5.78. The number of aromatic nitrogens is 1. The van der Waals surface area contributed by atoms with E-state index in [-0.39, 0.29) is 22.5 Å². The summed E-state index contributed by atoms with van der Waals surface area (Å²) in [6.45, 7) is 0. The molecule has 2 fully saturated rings. The van der Waals surface area contributed by atoms with Crippen molar-refractivity contribution in [3.8, 4) is 0 Å². The molecule has 4 rings (SSSR count). The summed E-state index contributed by atoms with van der Waals surface area (Å²) in [5.41, 5.74) is 0.225. The summed E-state index contributed by atoms with van der Waals surface area (Å²) >= 11 is 7.40. The Hall–Kier alpha value is -2.18. The van der Waals surface area contributed by atoms with Crippen LogP contribution in [-0.4, -0.2) is 27.0 Å². The Morgan fingerprint density at radius 3 is 2.71 bits per heavy atom. The summed E-state index contributed by atoms with van der Waals surface area (Å²) in [6, 6.07) is 10.1. The molecule has 0 unspecified atom stereocenters. The zero-order valence-electron chi connectivity index (χ0n) is 15.1. The molecule has 0 radical (unpaired) electrons. The predicted octanol–water partition coefficient (Wildman–Crippen LogP) is 5.81. The molecule has 2 aliphatic rings. The van der Waals surface area contributed by atoms with Crippen molar-refractivity contribution >= 4 is 46.3 Å². The first-order valence-corrected chi connectivity index (χ1v) is 10.5. The van der Waals surface area contributed by atoms with Crippen LogP contribution in [0.5, 0.6) is 0 Å². The van der Waals surface area contributed by atoms with Crippen molar-refractivity contribution in [3.05, 3.63) is 63.9 Å². The topological polar surface area (TPSA) is 45.6 Å². The van der Waals surface area contributed by atoms with Crippen molar-refractivity contribution in [2.75, 3.05) is 0 Å². The van der Waals surface area contributed by atoms with Crippen LogP contribution in [0.3, 0.4) is 0 Å². The minimum absolute atomic E-state index is 0.109. The number of pyridine rings is 1. The lowest BCUT2D eigenvalue weighted by atomic mass is 9.94. The second-order valence-electron chi connectivity index (χ2n) is 6.80. The van der Waals surface area contributed by atoms with Gasteiger partial charge in [0.15, 0.2) is 11.0 Å². The van der Waals surface area contributed by atoms with E-state index in [2.05, 4.69) is 9.98 Å². The van der Waals surface area contributed by atoms with Gasteiger partial charge in [0.25, 0.3) is 5.91 Å². The van der Waals surface area contributed by atoms with Crippen LogP contribution < -0.4 is 0 Å². The number of halogens is 2. The standard InChI is InChI=1S/C21H19ClFN3OS/c22-16-9-6-10-17(23)15(16)13-18-20(27)26(14-7-2-1-3-8-14)21(28-18)25-19-11-4-5-12-24-19/h4-6,9-14H,1-3,7-8H2/b18-13-,25-21+. The zero-order valence-corrected chi connectivity index (χ0v) is 16.7. The summed E-state index contributed by atoms with van der Waals surface area (Å²) in [7, 11) is 0. The summed E-state index contributed by atoms with van der Waals surface area (Å²) in [6.07, 6.45) is 8.46. The maximum atomic E-state index is 14.2. The first-order chi connectivity index (χ1) is 13.6. The molecule has 0 atom stereocenters. The second kappa shape index (κ2) is 8.45. The molecular weight excluding hydrogens is 397 g/mol. The summed E-state index contributed by atoms with van der Waals surface area (Å²) in [5, 5.41) is 0.870. The zero-order chi connectivity index (χ0) is 19.5. The smallest absolute Gasteiger partial charge is 0.267 e. The number of benzene rings is 1. The van der Waals surface area contributed by atoms with Crippen molar-refractivity contribution in [1.29, 1.82) is 0 Å². The molecule has 4 nitrogen and oxygen atoms in total. The highest BCUT2D eigenvalue weighted by Gasteiger charge is 2.39. The summed E-state index contributed by atoms with van der Waals surface area (Å²) in [4.78, 5) is 24.2. The SMILES string of the molecule is O=C1/C(=C/c2c(F)cccc2Cl)S/C(=N/c2ccccn2)N1C1CCCCC1. The van der Waals surface area contributed by atoms with Crippen LogP contribution in [0, 0.1) is 5.82 Å². The van der Waals surface area contributed by atoms with E-state index in [1.807, 2.05) is 12.1 Å². The van der Waals surface area contributed by atoms with Gasteiger partial charge in [-0.3, -0.25) is 9.69 Å².